The van der Waals surface area contributed by atoms with Crippen molar-refractivity contribution in [2.75, 3.05) is 42.3 Å². The fourth-order valence-electron chi connectivity index (χ4n) is 2.64. The minimum absolute atomic E-state index is 0.201. The topological polar surface area (TPSA) is 78.4 Å². The summed E-state index contributed by atoms with van der Waals surface area (Å²) in [4.78, 5) is 4.74. The third-order valence-electron chi connectivity index (χ3n) is 4.09. The molecule has 24 heavy (non-hydrogen) atoms. The fourth-order valence-corrected chi connectivity index (χ4v) is 3.66. The highest BCUT2D eigenvalue weighted by Crippen LogP contribution is 2.17. The van der Waals surface area contributed by atoms with E-state index in [1.54, 1.807) is 30.3 Å². The molecule has 1 fully saturated rings. The molecule has 1 aliphatic rings. The van der Waals surface area contributed by atoms with E-state index in [1.807, 2.05) is 0 Å². The van der Waals surface area contributed by atoms with E-state index < -0.39 is 10.0 Å². The summed E-state index contributed by atoms with van der Waals surface area (Å²) in [6.45, 7) is 7.01. The van der Waals surface area contributed by atoms with E-state index in [9.17, 15) is 8.42 Å². The summed E-state index contributed by atoms with van der Waals surface area (Å²) < 4.78 is 27.0. The maximum absolute atomic E-state index is 12.3. The van der Waals surface area contributed by atoms with Crippen molar-refractivity contribution >= 4 is 21.7 Å². The minimum Gasteiger partial charge on any atom is -0.353 e. The van der Waals surface area contributed by atoms with Crippen LogP contribution in [-0.4, -0.2) is 56.2 Å². The van der Waals surface area contributed by atoms with E-state index in [1.165, 1.54) is 12.1 Å². The van der Waals surface area contributed by atoms with E-state index in [4.69, 9.17) is 0 Å². The normalized spacial score (nSPS) is 16.1. The molecule has 0 bridgehead atoms. The number of likely N-dealkylation sites (N-methyl/N-ethyl adjacent to an activating group) is 1. The molecule has 7 nitrogen and oxygen atoms in total. The molecule has 0 saturated carbocycles. The Morgan fingerprint density at radius 3 is 2.29 bits per heavy atom. The Kier molecular flexibility index (Phi) is 4.96. The van der Waals surface area contributed by atoms with Crippen LogP contribution in [0.3, 0.4) is 0 Å². The molecule has 128 valence electrons. The number of rotatable bonds is 5. The number of piperazine rings is 1. The van der Waals surface area contributed by atoms with Gasteiger partial charge in [-0.2, -0.15) is 0 Å². The number of nitrogens with zero attached hydrogens (tertiary/aromatic N) is 4. The summed E-state index contributed by atoms with van der Waals surface area (Å²) in [5, 5.41) is 8.17. The maximum atomic E-state index is 12.3. The molecule has 0 spiro atoms. The lowest BCUT2D eigenvalue weighted by Gasteiger charge is -2.34. The second-order valence-corrected chi connectivity index (χ2v) is 7.30. The standard InChI is InChI=1S/C16H21N5O2S/c1-2-20-10-12-21(13-11-20)16-9-8-15(17-18-16)19-24(22,23)14-6-4-3-5-7-14/h3-9H,2,10-13H2,1H3,(H,17,19). The molecular formula is C16H21N5O2S. The Morgan fingerprint density at radius 1 is 1.00 bits per heavy atom. The van der Waals surface area contributed by atoms with E-state index in [2.05, 4.69) is 31.6 Å². The van der Waals surface area contributed by atoms with Crippen LogP contribution in [0.15, 0.2) is 47.4 Å². The monoisotopic (exact) mass is 347 g/mol. The number of aromatic nitrogens is 2. The van der Waals surface area contributed by atoms with Gasteiger partial charge in [-0.15, -0.1) is 10.2 Å². The third kappa shape index (κ3) is 3.82. The summed E-state index contributed by atoms with van der Waals surface area (Å²) in [5.74, 6) is 0.989. The third-order valence-corrected chi connectivity index (χ3v) is 5.46. The van der Waals surface area contributed by atoms with Gasteiger partial charge in [0.15, 0.2) is 11.6 Å². The van der Waals surface area contributed by atoms with Crippen molar-refractivity contribution in [2.24, 2.45) is 0 Å². The summed E-state index contributed by atoms with van der Waals surface area (Å²) in [6, 6.07) is 11.7. The van der Waals surface area contributed by atoms with Gasteiger partial charge in [0.25, 0.3) is 10.0 Å². The van der Waals surface area contributed by atoms with Crippen molar-refractivity contribution in [3.8, 4) is 0 Å². The number of nitrogens with one attached hydrogen (secondary N) is 1. The first kappa shape index (κ1) is 16.7. The highest BCUT2D eigenvalue weighted by Gasteiger charge is 2.18. The quantitative estimate of drug-likeness (QED) is 0.881. The molecule has 0 atom stereocenters. The predicted molar refractivity (Wildman–Crippen MR) is 93.6 cm³/mol. The second kappa shape index (κ2) is 7.14. The smallest absolute Gasteiger partial charge is 0.263 e. The molecule has 1 saturated heterocycles. The first-order chi connectivity index (χ1) is 11.6. The molecule has 0 unspecified atom stereocenters. The van der Waals surface area contributed by atoms with Gasteiger partial charge in [0.2, 0.25) is 0 Å². The molecule has 1 aromatic heterocycles. The van der Waals surface area contributed by atoms with Crippen LogP contribution in [0.2, 0.25) is 0 Å². The van der Waals surface area contributed by atoms with E-state index in [0.29, 0.717) is 0 Å². The zero-order valence-corrected chi connectivity index (χ0v) is 14.4. The molecule has 2 heterocycles. The number of anilines is 2. The Balaban J connectivity index is 1.67. The average Bonchev–Trinajstić information content (AvgIpc) is 2.63. The molecule has 1 aliphatic heterocycles. The SMILES string of the molecule is CCN1CCN(c2ccc(NS(=O)(=O)c3ccccc3)nn2)CC1. The summed E-state index contributed by atoms with van der Waals surface area (Å²) in [6.07, 6.45) is 0. The van der Waals surface area contributed by atoms with E-state index in [-0.39, 0.29) is 10.7 Å². The van der Waals surface area contributed by atoms with Gasteiger partial charge in [-0.05, 0) is 30.8 Å². The van der Waals surface area contributed by atoms with Gasteiger partial charge < -0.3 is 9.80 Å². The fraction of sp³-hybridized carbons (Fsp3) is 0.375. The van der Waals surface area contributed by atoms with Crippen LogP contribution in [0.4, 0.5) is 11.6 Å². The maximum Gasteiger partial charge on any atom is 0.263 e. The van der Waals surface area contributed by atoms with E-state index in [0.717, 1.165) is 38.5 Å². The molecule has 1 aromatic carbocycles. The number of hydrogen-bond acceptors (Lipinski definition) is 6. The van der Waals surface area contributed by atoms with Gasteiger partial charge in [-0.3, -0.25) is 4.72 Å². The first-order valence-corrected chi connectivity index (χ1v) is 9.46. The Labute approximate surface area is 142 Å². The van der Waals surface area contributed by atoms with Crippen LogP contribution in [0.1, 0.15) is 6.92 Å². The summed E-state index contributed by atoms with van der Waals surface area (Å²) in [5.41, 5.74) is 0. The molecular weight excluding hydrogens is 326 g/mol. The van der Waals surface area contributed by atoms with Gasteiger partial charge in [0.1, 0.15) is 0 Å². The first-order valence-electron chi connectivity index (χ1n) is 7.97. The molecule has 8 heteroatoms. The van der Waals surface area contributed by atoms with Crippen molar-refractivity contribution in [2.45, 2.75) is 11.8 Å². The average molecular weight is 347 g/mol. The zero-order chi connectivity index (χ0) is 17.0. The highest BCUT2D eigenvalue weighted by atomic mass is 32.2. The molecule has 0 radical (unpaired) electrons. The van der Waals surface area contributed by atoms with Crippen LogP contribution in [-0.2, 0) is 10.0 Å². The highest BCUT2D eigenvalue weighted by molar-refractivity contribution is 7.92. The Hall–Kier alpha value is -2.19. The van der Waals surface area contributed by atoms with Crippen LogP contribution in [0.5, 0.6) is 0 Å². The van der Waals surface area contributed by atoms with Gasteiger partial charge in [0, 0.05) is 26.2 Å². The Bertz CT molecular complexity index is 757. The lowest BCUT2D eigenvalue weighted by molar-refractivity contribution is 0.270. The molecule has 1 N–H and O–H groups in total. The molecule has 0 amide bonds. The van der Waals surface area contributed by atoms with Crippen LogP contribution >= 0.6 is 0 Å². The Morgan fingerprint density at radius 2 is 1.71 bits per heavy atom. The van der Waals surface area contributed by atoms with Gasteiger partial charge >= 0.3 is 0 Å². The predicted octanol–water partition coefficient (Wildman–Crippen LogP) is 1.42. The van der Waals surface area contributed by atoms with Gasteiger partial charge in [-0.1, -0.05) is 25.1 Å². The van der Waals surface area contributed by atoms with Gasteiger partial charge in [-0.25, -0.2) is 8.42 Å². The van der Waals surface area contributed by atoms with Crippen LogP contribution in [0, 0.1) is 0 Å². The molecule has 2 aromatic rings. The second-order valence-electron chi connectivity index (χ2n) is 5.62. The van der Waals surface area contributed by atoms with Gasteiger partial charge in [0.05, 0.1) is 4.90 Å². The summed E-state index contributed by atoms with van der Waals surface area (Å²) in [7, 11) is -3.63. The van der Waals surface area contributed by atoms with Crippen LogP contribution in [0.25, 0.3) is 0 Å². The van der Waals surface area contributed by atoms with Crippen molar-refractivity contribution in [1.29, 1.82) is 0 Å². The summed E-state index contributed by atoms with van der Waals surface area (Å²) >= 11 is 0. The van der Waals surface area contributed by atoms with Crippen molar-refractivity contribution < 1.29 is 8.42 Å². The number of sulfonamides is 1. The minimum atomic E-state index is -3.63. The lowest BCUT2D eigenvalue weighted by Crippen LogP contribution is -2.46. The zero-order valence-electron chi connectivity index (χ0n) is 13.6. The lowest BCUT2D eigenvalue weighted by atomic mass is 10.3. The van der Waals surface area contributed by atoms with Crippen LogP contribution < -0.4 is 9.62 Å². The number of hydrogen-bond donors (Lipinski definition) is 1. The molecule has 0 aliphatic carbocycles. The largest absolute Gasteiger partial charge is 0.353 e. The van der Waals surface area contributed by atoms with Crippen molar-refractivity contribution in [3.05, 3.63) is 42.5 Å². The van der Waals surface area contributed by atoms with E-state index >= 15 is 0 Å². The van der Waals surface area contributed by atoms with Crippen molar-refractivity contribution in [3.63, 3.8) is 0 Å². The van der Waals surface area contributed by atoms with Crippen molar-refractivity contribution in [1.82, 2.24) is 15.1 Å². The molecule has 3 rings (SSSR count). The number of benzene rings is 1.